The third-order valence-corrected chi connectivity index (χ3v) is 2.50. The highest BCUT2D eigenvalue weighted by molar-refractivity contribution is 6.29. The predicted octanol–water partition coefficient (Wildman–Crippen LogP) is 2.97. The molecule has 0 aliphatic heterocycles. The fourth-order valence-corrected chi connectivity index (χ4v) is 1.59. The largest absolute Gasteiger partial charge is 0.462 e. The van der Waals surface area contributed by atoms with Gasteiger partial charge in [0, 0.05) is 5.56 Å². The molecule has 0 aliphatic rings. The first-order valence-electron chi connectivity index (χ1n) is 5.47. The monoisotopic (exact) mass is 262 g/mol. The average Bonchev–Trinajstić information content (AvgIpc) is 2.40. The predicted molar refractivity (Wildman–Crippen MR) is 68.4 cm³/mol. The van der Waals surface area contributed by atoms with Gasteiger partial charge in [-0.2, -0.15) is 0 Å². The highest BCUT2D eigenvalue weighted by Crippen LogP contribution is 2.19. The lowest BCUT2D eigenvalue weighted by Gasteiger charge is -2.04. The number of carbonyl (C=O) groups is 1. The van der Waals surface area contributed by atoms with Crippen LogP contribution >= 0.6 is 11.6 Å². The summed E-state index contributed by atoms with van der Waals surface area (Å²) >= 11 is 5.67. The quantitative estimate of drug-likeness (QED) is 0.798. The summed E-state index contributed by atoms with van der Waals surface area (Å²) in [6, 6.07) is 10.4. The van der Waals surface area contributed by atoms with E-state index in [1.165, 1.54) is 0 Å². The van der Waals surface area contributed by atoms with Gasteiger partial charge in [-0.05, 0) is 31.2 Å². The molecule has 0 bridgehead atoms. The van der Waals surface area contributed by atoms with E-state index in [9.17, 15) is 4.79 Å². The van der Waals surface area contributed by atoms with Gasteiger partial charge in [-0.25, -0.2) is 4.79 Å². The van der Waals surface area contributed by atoms with Crippen LogP contribution in [0.3, 0.4) is 0 Å². The van der Waals surface area contributed by atoms with Gasteiger partial charge in [0.15, 0.2) is 5.15 Å². The van der Waals surface area contributed by atoms with Crippen molar-refractivity contribution in [1.29, 1.82) is 0 Å². The standard InChI is InChI=1S/C13H11ClN2O2/c1-2-18-13(17)10-5-3-4-9(8-10)11-6-7-12(14)16-15-11/h3-8H,2H2,1H3. The number of nitrogens with zero attached hydrogens (tertiary/aromatic N) is 2. The Morgan fingerprint density at radius 3 is 2.78 bits per heavy atom. The van der Waals surface area contributed by atoms with Gasteiger partial charge in [0.05, 0.1) is 17.9 Å². The molecule has 1 aromatic carbocycles. The van der Waals surface area contributed by atoms with Crippen LogP contribution in [0.15, 0.2) is 36.4 Å². The number of hydrogen-bond acceptors (Lipinski definition) is 4. The number of ether oxygens (including phenoxy) is 1. The maximum Gasteiger partial charge on any atom is 0.338 e. The molecule has 0 fully saturated rings. The summed E-state index contributed by atoms with van der Waals surface area (Å²) in [4.78, 5) is 11.6. The van der Waals surface area contributed by atoms with Gasteiger partial charge >= 0.3 is 5.97 Å². The molecule has 4 nitrogen and oxygen atoms in total. The molecule has 0 radical (unpaired) electrons. The Kier molecular flexibility index (Phi) is 3.89. The molecule has 1 aromatic heterocycles. The number of aromatic nitrogens is 2. The Hall–Kier alpha value is -1.94. The minimum absolute atomic E-state index is 0.334. The second-order valence-electron chi connectivity index (χ2n) is 3.54. The minimum atomic E-state index is -0.346. The Morgan fingerprint density at radius 1 is 1.28 bits per heavy atom. The van der Waals surface area contributed by atoms with Gasteiger partial charge in [0.2, 0.25) is 0 Å². The van der Waals surface area contributed by atoms with Crippen LogP contribution in [-0.2, 0) is 4.74 Å². The molecular formula is C13H11ClN2O2. The average molecular weight is 263 g/mol. The van der Waals surface area contributed by atoms with Crippen molar-refractivity contribution >= 4 is 17.6 Å². The molecular weight excluding hydrogens is 252 g/mol. The lowest BCUT2D eigenvalue weighted by Crippen LogP contribution is -2.04. The first kappa shape index (κ1) is 12.5. The van der Waals surface area contributed by atoms with Gasteiger partial charge in [0.1, 0.15) is 0 Å². The first-order chi connectivity index (χ1) is 8.70. The number of benzene rings is 1. The summed E-state index contributed by atoms with van der Waals surface area (Å²) in [5, 5.41) is 8.06. The third kappa shape index (κ3) is 2.84. The van der Waals surface area contributed by atoms with E-state index in [2.05, 4.69) is 10.2 Å². The van der Waals surface area contributed by atoms with Crippen molar-refractivity contribution in [2.75, 3.05) is 6.61 Å². The zero-order valence-corrected chi connectivity index (χ0v) is 10.5. The molecule has 0 saturated heterocycles. The van der Waals surface area contributed by atoms with Crippen molar-refractivity contribution in [1.82, 2.24) is 10.2 Å². The first-order valence-corrected chi connectivity index (χ1v) is 5.85. The number of rotatable bonds is 3. The summed E-state index contributed by atoms with van der Waals surface area (Å²) in [5.74, 6) is -0.346. The van der Waals surface area contributed by atoms with E-state index >= 15 is 0 Å². The van der Waals surface area contributed by atoms with Gasteiger partial charge in [-0.1, -0.05) is 23.7 Å². The highest BCUT2D eigenvalue weighted by atomic mass is 35.5. The fraction of sp³-hybridized carbons (Fsp3) is 0.154. The second kappa shape index (κ2) is 5.60. The van der Waals surface area contributed by atoms with Crippen molar-refractivity contribution in [2.24, 2.45) is 0 Å². The molecule has 18 heavy (non-hydrogen) atoms. The van der Waals surface area contributed by atoms with E-state index in [0.717, 1.165) is 5.56 Å². The number of carbonyl (C=O) groups excluding carboxylic acids is 1. The SMILES string of the molecule is CCOC(=O)c1cccc(-c2ccc(Cl)nn2)c1. The maximum absolute atomic E-state index is 11.6. The molecule has 2 rings (SSSR count). The van der Waals surface area contributed by atoms with Crippen molar-refractivity contribution in [3.63, 3.8) is 0 Å². The number of hydrogen-bond donors (Lipinski definition) is 0. The third-order valence-electron chi connectivity index (χ3n) is 2.30. The number of esters is 1. The summed E-state index contributed by atoms with van der Waals surface area (Å²) in [5.41, 5.74) is 1.95. The summed E-state index contributed by atoms with van der Waals surface area (Å²) < 4.78 is 4.94. The van der Waals surface area contributed by atoms with Crippen LogP contribution in [0.1, 0.15) is 17.3 Å². The maximum atomic E-state index is 11.6. The smallest absolute Gasteiger partial charge is 0.338 e. The Bertz CT molecular complexity index is 555. The van der Waals surface area contributed by atoms with Crippen LogP contribution < -0.4 is 0 Å². The molecule has 0 saturated carbocycles. The van der Waals surface area contributed by atoms with Crippen LogP contribution in [0.5, 0.6) is 0 Å². The van der Waals surface area contributed by atoms with Gasteiger partial charge in [0.25, 0.3) is 0 Å². The second-order valence-corrected chi connectivity index (χ2v) is 3.93. The van der Waals surface area contributed by atoms with Gasteiger partial charge in [-0.15, -0.1) is 10.2 Å². The van der Waals surface area contributed by atoms with Crippen LogP contribution in [0, 0.1) is 0 Å². The molecule has 0 spiro atoms. The molecule has 0 unspecified atom stereocenters. The van der Waals surface area contributed by atoms with E-state index in [-0.39, 0.29) is 5.97 Å². The van der Waals surface area contributed by atoms with Crippen LogP contribution in [0.2, 0.25) is 5.15 Å². The molecule has 0 amide bonds. The van der Waals surface area contributed by atoms with Crippen LogP contribution in [0.25, 0.3) is 11.3 Å². The number of halogens is 1. The normalized spacial score (nSPS) is 10.1. The Morgan fingerprint density at radius 2 is 2.11 bits per heavy atom. The van der Waals surface area contributed by atoms with E-state index in [1.807, 2.05) is 6.07 Å². The van der Waals surface area contributed by atoms with E-state index in [4.69, 9.17) is 16.3 Å². The van der Waals surface area contributed by atoms with Gasteiger partial charge in [-0.3, -0.25) is 0 Å². The molecule has 0 N–H and O–H groups in total. The van der Waals surface area contributed by atoms with E-state index in [1.54, 1.807) is 37.3 Å². The van der Waals surface area contributed by atoms with Gasteiger partial charge < -0.3 is 4.74 Å². The van der Waals surface area contributed by atoms with Crippen LogP contribution in [-0.4, -0.2) is 22.8 Å². The molecule has 0 aliphatic carbocycles. The minimum Gasteiger partial charge on any atom is -0.462 e. The van der Waals surface area contributed by atoms with Crippen molar-refractivity contribution in [2.45, 2.75) is 6.92 Å². The summed E-state index contributed by atoms with van der Waals surface area (Å²) in [6.07, 6.45) is 0. The molecule has 1 heterocycles. The van der Waals surface area contributed by atoms with Crippen molar-refractivity contribution in [3.8, 4) is 11.3 Å². The van der Waals surface area contributed by atoms with Crippen molar-refractivity contribution in [3.05, 3.63) is 47.1 Å². The lowest BCUT2D eigenvalue weighted by atomic mass is 10.1. The lowest BCUT2D eigenvalue weighted by molar-refractivity contribution is 0.0526. The molecule has 0 atom stereocenters. The molecule has 2 aromatic rings. The molecule has 5 heteroatoms. The van der Waals surface area contributed by atoms with Crippen molar-refractivity contribution < 1.29 is 9.53 Å². The zero-order valence-electron chi connectivity index (χ0n) is 9.76. The topological polar surface area (TPSA) is 52.1 Å². The van der Waals surface area contributed by atoms with E-state index in [0.29, 0.717) is 23.0 Å². The van der Waals surface area contributed by atoms with Crippen LogP contribution in [0.4, 0.5) is 0 Å². The highest BCUT2D eigenvalue weighted by Gasteiger charge is 2.08. The Labute approximate surface area is 110 Å². The molecule has 92 valence electrons. The summed E-state index contributed by atoms with van der Waals surface area (Å²) in [7, 11) is 0. The van der Waals surface area contributed by atoms with E-state index < -0.39 is 0 Å². The Balaban J connectivity index is 2.32. The fourth-order valence-electron chi connectivity index (χ4n) is 1.49. The summed E-state index contributed by atoms with van der Waals surface area (Å²) in [6.45, 7) is 2.12. The zero-order chi connectivity index (χ0) is 13.0.